The zero-order valence-electron chi connectivity index (χ0n) is 11.9. The SMILES string of the molecule is Cc1cn(N=Cc2cccc(-c3ccn(C)n3)c2)c(N)n1. The molecule has 0 amide bonds. The molecule has 2 aromatic heterocycles. The zero-order chi connectivity index (χ0) is 14.8. The molecule has 0 saturated heterocycles. The molecule has 0 bridgehead atoms. The van der Waals surface area contributed by atoms with Gasteiger partial charge in [-0.05, 0) is 24.6 Å². The number of nitrogens with zero attached hydrogens (tertiary/aromatic N) is 5. The Balaban J connectivity index is 1.88. The van der Waals surface area contributed by atoms with Crippen molar-refractivity contribution in [3.05, 3.63) is 54.0 Å². The lowest BCUT2D eigenvalue weighted by Gasteiger charge is -1.99. The number of aromatic nitrogens is 4. The van der Waals surface area contributed by atoms with Crippen LogP contribution in [0.5, 0.6) is 0 Å². The Morgan fingerprint density at radius 2 is 2.14 bits per heavy atom. The highest BCUT2D eigenvalue weighted by atomic mass is 15.4. The van der Waals surface area contributed by atoms with Gasteiger partial charge in [-0.25, -0.2) is 9.66 Å². The summed E-state index contributed by atoms with van der Waals surface area (Å²) in [6.07, 6.45) is 5.46. The van der Waals surface area contributed by atoms with E-state index in [-0.39, 0.29) is 0 Å². The lowest BCUT2D eigenvalue weighted by Crippen LogP contribution is -1.97. The van der Waals surface area contributed by atoms with Gasteiger partial charge in [0.1, 0.15) is 0 Å². The summed E-state index contributed by atoms with van der Waals surface area (Å²) in [5.74, 6) is 0.379. The Hall–Kier alpha value is -2.89. The second-order valence-corrected chi connectivity index (χ2v) is 4.83. The van der Waals surface area contributed by atoms with E-state index in [9.17, 15) is 0 Å². The predicted molar refractivity (Wildman–Crippen MR) is 83.0 cm³/mol. The Kier molecular flexibility index (Phi) is 3.27. The molecule has 6 nitrogen and oxygen atoms in total. The van der Waals surface area contributed by atoms with Crippen molar-refractivity contribution in [2.24, 2.45) is 12.1 Å². The van der Waals surface area contributed by atoms with E-state index in [1.54, 1.807) is 21.8 Å². The minimum Gasteiger partial charge on any atom is -0.368 e. The van der Waals surface area contributed by atoms with Crippen LogP contribution in [0, 0.1) is 6.92 Å². The third-order valence-electron chi connectivity index (χ3n) is 3.06. The second-order valence-electron chi connectivity index (χ2n) is 4.83. The normalized spacial score (nSPS) is 11.3. The molecule has 0 aliphatic carbocycles. The lowest BCUT2D eigenvalue weighted by molar-refractivity contribution is 0.771. The fourth-order valence-electron chi connectivity index (χ4n) is 2.07. The smallest absolute Gasteiger partial charge is 0.221 e. The van der Waals surface area contributed by atoms with Crippen molar-refractivity contribution in [3.8, 4) is 11.3 Å². The van der Waals surface area contributed by atoms with E-state index in [0.717, 1.165) is 22.5 Å². The summed E-state index contributed by atoms with van der Waals surface area (Å²) in [5, 5.41) is 8.71. The van der Waals surface area contributed by atoms with Crippen LogP contribution in [0.3, 0.4) is 0 Å². The monoisotopic (exact) mass is 280 g/mol. The number of nitrogens with two attached hydrogens (primary N) is 1. The average Bonchev–Trinajstić information content (AvgIpc) is 3.03. The number of nitrogen functional groups attached to an aromatic ring is 1. The topological polar surface area (TPSA) is 74.0 Å². The number of anilines is 1. The van der Waals surface area contributed by atoms with E-state index in [0.29, 0.717) is 5.95 Å². The molecule has 106 valence electrons. The van der Waals surface area contributed by atoms with Crippen molar-refractivity contribution in [2.75, 3.05) is 5.73 Å². The fourth-order valence-corrected chi connectivity index (χ4v) is 2.07. The molecule has 0 unspecified atom stereocenters. The summed E-state index contributed by atoms with van der Waals surface area (Å²) in [5.41, 5.74) is 9.56. The Labute approximate surface area is 122 Å². The van der Waals surface area contributed by atoms with Gasteiger partial charge in [0.15, 0.2) is 0 Å². The number of imidazole rings is 1. The molecule has 0 saturated carbocycles. The molecule has 6 heteroatoms. The summed E-state index contributed by atoms with van der Waals surface area (Å²) >= 11 is 0. The molecule has 0 fully saturated rings. The Bertz CT molecular complexity index is 796. The van der Waals surface area contributed by atoms with Crippen LogP contribution in [-0.4, -0.2) is 25.7 Å². The molecule has 0 radical (unpaired) electrons. The van der Waals surface area contributed by atoms with Crippen molar-refractivity contribution in [2.45, 2.75) is 6.92 Å². The minimum absolute atomic E-state index is 0.379. The number of benzene rings is 1. The maximum Gasteiger partial charge on any atom is 0.221 e. The van der Waals surface area contributed by atoms with Crippen LogP contribution in [0.25, 0.3) is 11.3 Å². The highest BCUT2D eigenvalue weighted by Gasteiger charge is 2.02. The van der Waals surface area contributed by atoms with Crippen LogP contribution in [0.2, 0.25) is 0 Å². The van der Waals surface area contributed by atoms with E-state index in [1.165, 1.54) is 0 Å². The van der Waals surface area contributed by atoms with Gasteiger partial charge in [0.2, 0.25) is 5.95 Å². The highest BCUT2D eigenvalue weighted by molar-refractivity contribution is 5.82. The van der Waals surface area contributed by atoms with Gasteiger partial charge in [0, 0.05) is 18.8 Å². The molecule has 2 heterocycles. The summed E-state index contributed by atoms with van der Waals surface area (Å²) in [6, 6.07) is 10.00. The van der Waals surface area contributed by atoms with Gasteiger partial charge in [0.05, 0.1) is 23.8 Å². The van der Waals surface area contributed by atoms with Crippen molar-refractivity contribution in [1.29, 1.82) is 0 Å². The number of rotatable bonds is 3. The zero-order valence-corrected chi connectivity index (χ0v) is 11.9. The third-order valence-corrected chi connectivity index (χ3v) is 3.06. The molecule has 1 aromatic carbocycles. The van der Waals surface area contributed by atoms with Crippen LogP contribution < -0.4 is 5.73 Å². The molecule has 0 aliphatic rings. The van der Waals surface area contributed by atoms with Gasteiger partial charge >= 0.3 is 0 Å². The van der Waals surface area contributed by atoms with Gasteiger partial charge in [-0.15, -0.1) is 0 Å². The predicted octanol–water partition coefficient (Wildman–Crippen LogP) is 2.06. The van der Waals surface area contributed by atoms with Gasteiger partial charge in [-0.2, -0.15) is 10.2 Å². The first kappa shape index (κ1) is 13.1. The number of hydrogen-bond acceptors (Lipinski definition) is 4. The largest absolute Gasteiger partial charge is 0.368 e. The van der Waals surface area contributed by atoms with Gasteiger partial charge in [-0.1, -0.05) is 18.2 Å². The Morgan fingerprint density at radius 1 is 1.29 bits per heavy atom. The van der Waals surface area contributed by atoms with E-state index < -0.39 is 0 Å². The maximum atomic E-state index is 5.75. The van der Waals surface area contributed by atoms with Crippen LogP contribution in [0.1, 0.15) is 11.3 Å². The molecule has 0 atom stereocenters. The standard InChI is InChI=1S/C15H16N6/c1-11-10-21(15(16)18-11)17-9-12-4-3-5-13(8-12)14-6-7-20(2)19-14/h3-10H,1-2H3,(H2,16,18). The van der Waals surface area contributed by atoms with Crippen LogP contribution >= 0.6 is 0 Å². The first-order valence-corrected chi connectivity index (χ1v) is 6.58. The highest BCUT2D eigenvalue weighted by Crippen LogP contribution is 2.17. The van der Waals surface area contributed by atoms with Crippen LogP contribution in [-0.2, 0) is 7.05 Å². The quantitative estimate of drug-likeness (QED) is 0.746. The lowest BCUT2D eigenvalue weighted by atomic mass is 10.1. The molecule has 3 rings (SSSR count). The molecule has 3 aromatic rings. The second kappa shape index (κ2) is 5.24. The summed E-state index contributed by atoms with van der Waals surface area (Å²) in [7, 11) is 1.90. The summed E-state index contributed by atoms with van der Waals surface area (Å²) < 4.78 is 3.34. The minimum atomic E-state index is 0.379. The fraction of sp³-hybridized carbons (Fsp3) is 0.133. The van der Waals surface area contributed by atoms with Crippen molar-refractivity contribution < 1.29 is 0 Å². The molecule has 2 N–H and O–H groups in total. The van der Waals surface area contributed by atoms with E-state index >= 15 is 0 Å². The van der Waals surface area contributed by atoms with Crippen LogP contribution in [0.15, 0.2) is 47.8 Å². The van der Waals surface area contributed by atoms with Crippen molar-refractivity contribution in [1.82, 2.24) is 19.4 Å². The van der Waals surface area contributed by atoms with Crippen molar-refractivity contribution >= 4 is 12.2 Å². The molecule has 0 aliphatic heterocycles. The number of aryl methyl sites for hydroxylation is 2. The Morgan fingerprint density at radius 3 is 2.81 bits per heavy atom. The third kappa shape index (κ3) is 2.84. The summed E-state index contributed by atoms with van der Waals surface area (Å²) in [4.78, 5) is 4.11. The van der Waals surface area contributed by atoms with Gasteiger partial charge < -0.3 is 5.73 Å². The van der Waals surface area contributed by atoms with E-state index in [2.05, 4.69) is 15.2 Å². The first-order chi connectivity index (χ1) is 10.1. The number of hydrogen-bond donors (Lipinski definition) is 1. The first-order valence-electron chi connectivity index (χ1n) is 6.58. The molecular formula is C15H16N6. The summed E-state index contributed by atoms with van der Waals surface area (Å²) in [6.45, 7) is 1.88. The molecular weight excluding hydrogens is 264 g/mol. The van der Waals surface area contributed by atoms with Gasteiger partial charge in [0.25, 0.3) is 0 Å². The van der Waals surface area contributed by atoms with Crippen LogP contribution in [0.4, 0.5) is 5.95 Å². The average molecular weight is 280 g/mol. The van der Waals surface area contributed by atoms with E-state index in [1.807, 2.05) is 50.5 Å². The molecule has 0 spiro atoms. The van der Waals surface area contributed by atoms with Crippen molar-refractivity contribution in [3.63, 3.8) is 0 Å². The molecule has 21 heavy (non-hydrogen) atoms. The van der Waals surface area contributed by atoms with E-state index in [4.69, 9.17) is 5.73 Å². The maximum absolute atomic E-state index is 5.75. The van der Waals surface area contributed by atoms with Gasteiger partial charge in [-0.3, -0.25) is 4.68 Å².